The van der Waals surface area contributed by atoms with Crippen molar-refractivity contribution in [3.8, 4) is 0 Å². The average molecular weight is 485 g/mol. The van der Waals surface area contributed by atoms with Crippen molar-refractivity contribution in [1.29, 1.82) is 0 Å². The van der Waals surface area contributed by atoms with E-state index in [0.717, 1.165) is 50.2 Å². The van der Waals surface area contributed by atoms with E-state index < -0.39 is 0 Å². The quantitative estimate of drug-likeness (QED) is 0.507. The number of rotatable bonds is 6. The molecule has 35 heavy (non-hydrogen) atoms. The van der Waals surface area contributed by atoms with Crippen molar-refractivity contribution >= 4 is 0 Å². The normalized spacial score (nSPS) is 48.2. The Balaban J connectivity index is 1.19. The third kappa shape index (κ3) is 3.85. The predicted octanol–water partition coefficient (Wildman–Crippen LogP) is 6.14. The lowest BCUT2D eigenvalue weighted by Gasteiger charge is -2.64. The molecule has 0 radical (unpaired) electrons. The van der Waals surface area contributed by atoms with Gasteiger partial charge in [0.1, 0.15) is 0 Å². The molecule has 5 saturated carbocycles. The van der Waals surface area contributed by atoms with Crippen LogP contribution in [-0.4, -0.2) is 32.6 Å². The van der Waals surface area contributed by atoms with Crippen molar-refractivity contribution in [3.63, 3.8) is 0 Å². The van der Waals surface area contributed by atoms with Crippen molar-refractivity contribution in [3.05, 3.63) is 11.7 Å². The molecule has 1 aromatic rings. The lowest BCUT2D eigenvalue weighted by molar-refractivity contribution is -0.203. The molecule has 5 nitrogen and oxygen atoms in total. The molecule has 1 unspecified atom stereocenters. The maximum absolute atomic E-state index is 11.9. The van der Waals surface area contributed by atoms with Gasteiger partial charge in [0.05, 0.1) is 12.2 Å². The fraction of sp³-hybridized carbons (Fsp3) is 0.933. The van der Waals surface area contributed by atoms with Gasteiger partial charge in [-0.25, -0.2) is 0 Å². The minimum Gasteiger partial charge on any atom is -0.393 e. The summed E-state index contributed by atoms with van der Waals surface area (Å²) >= 11 is 0. The maximum atomic E-state index is 11.9. The first kappa shape index (κ1) is 24.4. The summed E-state index contributed by atoms with van der Waals surface area (Å²) in [5, 5.41) is 26.6. The van der Waals surface area contributed by atoms with Gasteiger partial charge in [-0.05, 0) is 116 Å². The van der Waals surface area contributed by atoms with E-state index in [4.69, 9.17) is 4.52 Å². The summed E-state index contributed by atoms with van der Waals surface area (Å²) in [7, 11) is 0. The second-order valence-corrected chi connectivity index (χ2v) is 14.0. The number of fused-ring (bicyclic) bond motifs is 5. The minimum absolute atomic E-state index is 0.171. The van der Waals surface area contributed by atoms with E-state index >= 15 is 0 Å². The molecule has 5 aliphatic carbocycles. The third-order valence-corrected chi connectivity index (χ3v) is 12.4. The molecule has 0 amide bonds. The van der Waals surface area contributed by atoms with E-state index in [1.807, 2.05) is 0 Å². The zero-order valence-electron chi connectivity index (χ0n) is 22.5. The van der Waals surface area contributed by atoms with Gasteiger partial charge in [-0.3, -0.25) is 0 Å². The maximum Gasteiger partial charge on any atom is 0.226 e. The topological polar surface area (TPSA) is 79.4 Å². The van der Waals surface area contributed by atoms with Crippen LogP contribution in [0.1, 0.15) is 116 Å². The second-order valence-electron chi connectivity index (χ2n) is 14.0. The van der Waals surface area contributed by atoms with Gasteiger partial charge < -0.3 is 14.7 Å². The molecular formula is C30H48N2O3. The molecule has 0 saturated heterocycles. The highest BCUT2D eigenvalue weighted by Gasteiger charge is 2.64. The smallest absolute Gasteiger partial charge is 0.226 e. The first-order valence-electron chi connectivity index (χ1n) is 14.9. The van der Waals surface area contributed by atoms with Crippen LogP contribution in [0.3, 0.4) is 0 Å². The van der Waals surface area contributed by atoms with E-state index in [0.29, 0.717) is 52.8 Å². The third-order valence-electron chi connectivity index (χ3n) is 12.4. The lowest BCUT2D eigenvalue weighted by atomic mass is 9.41. The molecule has 0 aromatic carbocycles. The Morgan fingerprint density at radius 1 is 0.971 bits per heavy atom. The van der Waals surface area contributed by atoms with E-state index in [-0.39, 0.29) is 17.6 Å². The first-order valence-corrected chi connectivity index (χ1v) is 14.9. The summed E-state index contributed by atoms with van der Waals surface area (Å²) in [4.78, 5) is 4.67. The molecule has 0 aliphatic heterocycles. The highest BCUT2D eigenvalue weighted by Crippen LogP contribution is 2.69. The molecule has 196 valence electrons. The van der Waals surface area contributed by atoms with Crippen molar-refractivity contribution in [2.75, 3.05) is 0 Å². The molecule has 0 spiro atoms. The molecular weight excluding hydrogens is 436 g/mol. The summed E-state index contributed by atoms with van der Waals surface area (Å²) in [5.74, 6) is 6.15. The summed E-state index contributed by atoms with van der Waals surface area (Å²) in [6, 6.07) is 0. The zero-order valence-corrected chi connectivity index (χ0v) is 22.5. The van der Waals surface area contributed by atoms with Crippen LogP contribution in [0, 0.1) is 52.3 Å². The highest BCUT2D eigenvalue weighted by molar-refractivity contribution is 5.13. The Morgan fingerprint density at radius 2 is 1.71 bits per heavy atom. The molecule has 5 heteroatoms. The van der Waals surface area contributed by atoms with E-state index in [1.54, 1.807) is 0 Å². The van der Waals surface area contributed by atoms with Gasteiger partial charge in [0.15, 0.2) is 5.82 Å². The van der Waals surface area contributed by atoms with Crippen LogP contribution in [0.5, 0.6) is 0 Å². The predicted molar refractivity (Wildman–Crippen MR) is 136 cm³/mol. The number of aromatic nitrogens is 2. The van der Waals surface area contributed by atoms with Crippen LogP contribution in [0.25, 0.3) is 0 Å². The van der Waals surface area contributed by atoms with Crippen molar-refractivity contribution in [2.45, 2.75) is 123 Å². The first-order chi connectivity index (χ1) is 16.8. The largest absolute Gasteiger partial charge is 0.393 e. The van der Waals surface area contributed by atoms with Crippen molar-refractivity contribution in [2.24, 2.45) is 52.3 Å². The summed E-state index contributed by atoms with van der Waals surface area (Å²) in [6.45, 7) is 9.83. The van der Waals surface area contributed by atoms with E-state index in [1.165, 1.54) is 38.5 Å². The van der Waals surface area contributed by atoms with Gasteiger partial charge in [-0.15, -0.1) is 0 Å². The van der Waals surface area contributed by atoms with Crippen LogP contribution in [0.15, 0.2) is 4.52 Å². The van der Waals surface area contributed by atoms with Crippen LogP contribution >= 0.6 is 0 Å². The van der Waals surface area contributed by atoms with Crippen molar-refractivity contribution in [1.82, 2.24) is 10.1 Å². The zero-order chi connectivity index (χ0) is 24.5. The molecule has 5 fully saturated rings. The summed E-state index contributed by atoms with van der Waals surface area (Å²) in [5.41, 5.74) is 0.608. The molecule has 6 rings (SSSR count). The number of nitrogens with zero attached hydrogens (tertiary/aromatic N) is 2. The van der Waals surface area contributed by atoms with Crippen LogP contribution < -0.4 is 0 Å². The number of aryl methyl sites for hydroxylation is 1. The molecule has 5 aliphatic rings. The van der Waals surface area contributed by atoms with Crippen molar-refractivity contribution < 1.29 is 14.7 Å². The van der Waals surface area contributed by atoms with Gasteiger partial charge in [0.2, 0.25) is 5.89 Å². The SMILES string of the molecule is CC[C@H]1[C@@H](O)[C@@H]2[C@H](CC[C@]3(C)C([C@H](C)CCc4nc(C5CC5)no4)CC[C@@H]23)[C@@]2(C)CC[C@@H](O)C[C@@H]12. The van der Waals surface area contributed by atoms with Gasteiger partial charge in [-0.2, -0.15) is 4.98 Å². The van der Waals surface area contributed by atoms with Gasteiger partial charge in [0.25, 0.3) is 0 Å². The summed E-state index contributed by atoms with van der Waals surface area (Å²) in [6.07, 6.45) is 13.2. The van der Waals surface area contributed by atoms with E-state index in [2.05, 4.69) is 37.8 Å². The summed E-state index contributed by atoms with van der Waals surface area (Å²) < 4.78 is 5.58. The van der Waals surface area contributed by atoms with Crippen LogP contribution in [-0.2, 0) is 6.42 Å². The second kappa shape index (κ2) is 8.82. The number of hydrogen-bond donors (Lipinski definition) is 2. The van der Waals surface area contributed by atoms with Crippen LogP contribution in [0.2, 0.25) is 0 Å². The minimum atomic E-state index is -0.203. The molecule has 1 heterocycles. The Labute approximate surface area is 211 Å². The lowest BCUT2D eigenvalue weighted by Crippen LogP contribution is -2.62. The number of aliphatic hydroxyl groups excluding tert-OH is 2. The fourth-order valence-corrected chi connectivity index (χ4v) is 10.4. The fourth-order valence-electron chi connectivity index (χ4n) is 10.4. The van der Waals surface area contributed by atoms with Gasteiger partial charge >= 0.3 is 0 Å². The Hall–Kier alpha value is -0.940. The van der Waals surface area contributed by atoms with E-state index in [9.17, 15) is 10.2 Å². The monoisotopic (exact) mass is 484 g/mol. The van der Waals surface area contributed by atoms with Gasteiger partial charge in [0, 0.05) is 12.3 Å². The molecule has 0 bridgehead atoms. The van der Waals surface area contributed by atoms with Crippen LogP contribution in [0.4, 0.5) is 0 Å². The Kier molecular flexibility index (Phi) is 6.15. The molecule has 1 aromatic heterocycles. The molecule has 11 atom stereocenters. The average Bonchev–Trinajstić information content (AvgIpc) is 3.47. The standard InChI is InChI=1S/C30H48N2O3/c1-5-20-24-16-19(33)12-14-30(24,4)23-13-15-29(3)21(9-10-22(29)26(23)27(20)34)17(2)6-11-25-31-28(32-35-25)18-7-8-18/h17-24,26-27,33-34H,5-16H2,1-4H3/t17-,19-,20-,21?,22+,23+,24+,26+,27-,29-,30-/m1/s1. The highest BCUT2D eigenvalue weighted by atomic mass is 16.5. The Morgan fingerprint density at radius 3 is 2.46 bits per heavy atom. The number of hydrogen-bond acceptors (Lipinski definition) is 5. The molecule has 2 N–H and O–H groups in total. The Bertz CT molecular complexity index is 913. The van der Waals surface area contributed by atoms with Gasteiger partial charge in [-0.1, -0.05) is 39.3 Å². The number of aliphatic hydroxyl groups is 2.